The van der Waals surface area contributed by atoms with E-state index in [1.807, 2.05) is 42.5 Å². The molecule has 1 unspecified atom stereocenters. The molecule has 1 atom stereocenters. The number of nitrogens with zero attached hydrogens (tertiary/aromatic N) is 1. The molecule has 24 heavy (non-hydrogen) atoms. The molecular formula is C23H21N. The third-order valence-corrected chi connectivity index (χ3v) is 4.77. The molecular weight excluding hydrogens is 290 g/mol. The van der Waals surface area contributed by atoms with Gasteiger partial charge in [-0.3, -0.25) is 0 Å². The molecule has 0 aromatic heterocycles. The van der Waals surface area contributed by atoms with E-state index >= 15 is 0 Å². The van der Waals surface area contributed by atoms with Crippen molar-refractivity contribution in [1.29, 1.82) is 5.26 Å². The van der Waals surface area contributed by atoms with E-state index in [4.69, 9.17) is 0 Å². The van der Waals surface area contributed by atoms with Crippen LogP contribution in [0.1, 0.15) is 36.0 Å². The molecule has 0 saturated carbocycles. The van der Waals surface area contributed by atoms with Crippen LogP contribution in [0.4, 0.5) is 0 Å². The number of hydrogen-bond acceptors (Lipinski definition) is 1. The standard InChI is InChI=1S/C23H21N/c1-2-22(19-12-6-3-7-13-19)23(18-24,20-14-8-4-9-15-20)21-16-10-5-11-17-21/h3-17,22H,2H2,1H3. The zero-order chi connectivity index (χ0) is 16.8. The van der Waals surface area contributed by atoms with E-state index in [1.54, 1.807) is 0 Å². The second-order valence-electron chi connectivity index (χ2n) is 6.02. The van der Waals surface area contributed by atoms with Crippen LogP contribution in [0.15, 0.2) is 91.0 Å². The van der Waals surface area contributed by atoms with E-state index in [0.717, 1.165) is 17.5 Å². The smallest absolute Gasteiger partial charge is 0.114 e. The summed E-state index contributed by atoms with van der Waals surface area (Å²) in [6.45, 7) is 2.16. The Hall–Kier alpha value is -2.85. The molecule has 0 bridgehead atoms. The van der Waals surface area contributed by atoms with Gasteiger partial charge in [-0.1, -0.05) is 97.9 Å². The van der Waals surface area contributed by atoms with Crippen molar-refractivity contribution in [1.82, 2.24) is 0 Å². The van der Waals surface area contributed by atoms with Crippen LogP contribution in [0.25, 0.3) is 0 Å². The molecule has 0 fully saturated rings. The average molecular weight is 311 g/mol. The van der Waals surface area contributed by atoms with Gasteiger partial charge < -0.3 is 0 Å². The minimum atomic E-state index is -0.696. The van der Waals surface area contributed by atoms with Crippen molar-refractivity contribution in [3.63, 3.8) is 0 Å². The maximum absolute atomic E-state index is 10.4. The fourth-order valence-corrected chi connectivity index (χ4v) is 3.66. The molecule has 118 valence electrons. The van der Waals surface area contributed by atoms with E-state index < -0.39 is 5.41 Å². The summed E-state index contributed by atoms with van der Waals surface area (Å²) in [7, 11) is 0. The molecule has 3 aromatic carbocycles. The van der Waals surface area contributed by atoms with Crippen LogP contribution in [0.2, 0.25) is 0 Å². The first-order chi connectivity index (χ1) is 11.8. The van der Waals surface area contributed by atoms with Crippen molar-refractivity contribution in [3.05, 3.63) is 108 Å². The largest absolute Gasteiger partial charge is 0.197 e. The summed E-state index contributed by atoms with van der Waals surface area (Å²) in [4.78, 5) is 0. The van der Waals surface area contributed by atoms with Crippen LogP contribution < -0.4 is 0 Å². The zero-order valence-electron chi connectivity index (χ0n) is 13.9. The lowest BCUT2D eigenvalue weighted by Crippen LogP contribution is -2.33. The normalized spacial score (nSPS) is 12.3. The molecule has 0 radical (unpaired) electrons. The van der Waals surface area contributed by atoms with Gasteiger partial charge in [-0.2, -0.15) is 5.26 Å². The predicted molar refractivity (Wildman–Crippen MR) is 98.8 cm³/mol. The van der Waals surface area contributed by atoms with Gasteiger partial charge in [0.2, 0.25) is 0 Å². The van der Waals surface area contributed by atoms with Crippen molar-refractivity contribution >= 4 is 0 Å². The van der Waals surface area contributed by atoms with Gasteiger partial charge in [0.1, 0.15) is 5.41 Å². The van der Waals surface area contributed by atoms with Gasteiger partial charge in [-0.15, -0.1) is 0 Å². The minimum absolute atomic E-state index is 0.0912. The lowest BCUT2D eigenvalue weighted by atomic mass is 9.63. The van der Waals surface area contributed by atoms with Gasteiger partial charge in [-0.25, -0.2) is 0 Å². The summed E-state index contributed by atoms with van der Waals surface area (Å²) in [5.74, 6) is 0.0912. The van der Waals surface area contributed by atoms with Crippen LogP contribution in [0.3, 0.4) is 0 Å². The minimum Gasteiger partial charge on any atom is -0.197 e. The molecule has 0 heterocycles. The lowest BCUT2D eigenvalue weighted by Gasteiger charge is -2.36. The topological polar surface area (TPSA) is 23.8 Å². The summed E-state index contributed by atoms with van der Waals surface area (Å²) in [6, 6.07) is 33.4. The first-order valence-corrected chi connectivity index (χ1v) is 8.40. The van der Waals surface area contributed by atoms with Crippen LogP contribution in [0.5, 0.6) is 0 Å². The van der Waals surface area contributed by atoms with E-state index in [0.29, 0.717) is 0 Å². The predicted octanol–water partition coefficient (Wildman–Crippen LogP) is 5.69. The van der Waals surface area contributed by atoms with Crippen LogP contribution >= 0.6 is 0 Å². The maximum atomic E-state index is 10.4. The van der Waals surface area contributed by atoms with Crippen molar-refractivity contribution in [2.24, 2.45) is 0 Å². The lowest BCUT2D eigenvalue weighted by molar-refractivity contribution is 0.491. The van der Waals surface area contributed by atoms with Gasteiger partial charge in [0, 0.05) is 5.92 Å². The summed E-state index contributed by atoms with van der Waals surface area (Å²) in [5, 5.41) is 10.4. The fourth-order valence-electron chi connectivity index (χ4n) is 3.66. The van der Waals surface area contributed by atoms with Crippen LogP contribution in [-0.2, 0) is 5.41 Å². The Morgan fingerprint density at radius 1 is 0.750 bits per heavy atom. The molecule has 1 heteroatoms. The van der Waals surface area contributed by atoms with E-state index in [1.165, 1.54) is 5.56 Å². The monoisotopic (exact) mass is 311 g/mol. The Morgan fingerprint density at radius 3 is 1.54 bits per heavy atom. The number of benzene rings is 3. The summed E-state index contributed by atoms with van der Waals surface area (Å²) >= 11 is 0. The molecule has 0 saturated heterocycles. The molecule has 0 spiro atoms. The van der Waals surface area contributed by atoms with Gasteiger partial charge in [0.15, 0.2) is 0 Å². The summed E-state index contributed by atoms with van der Waals surface area (Å²) in [6.07, 6.45) is 0.890. The fraction of sp³-hybridized carbons (Fsp3) is 0.174. The Labute approximate surface area is 144 Å². The third kappa shape index (κ3) is 2.72. The molecule has 1 nitrogen and oxygen atoms in total. The Balaban J connectivity index is 2.28. The highest BCUT2D eigenvalue weighted by molar-refractivity contribution is 5.50. The number of hydrogen-bond donors (Lipinski definition) is 0. The summed E-state index contributed by atoms with van der Waals surface area (Å²) < 4.78 is 0. The van der Waals surface area contributed by atoms with Crippen molar-refractivity contribution < 1.29 is 0 Å². The Kier molecular flexibility index (Phi) is 4.77. The maximum Gasteiger partial charge on any atom is 0.114 e. The highest BCUT2D eigenvalue weighted by Gasteiger charge is 2.42. The average Bonchev–Trinajstić information content (AvgIpc) is 2.68. The third-order valence-electron chi connectivity index (χ3n) is 4.77. The first-order valence-electron chi connectivity index (χ1n) is 8.40. The van der Waals surface area contributed by atoms with Crippen molar-refractivity contribution in [3.8, 4) is 6.07 Å². The molecule has 3 aromatic rings. The highest BCUT2D eigenvalue weighted by Crippen LogP contribution is 2.45. The SMILES string of the molecule is CCC(c1ccccc1)C(C#N)(c1ccccc1)c1ccccc1. The molecule has 0 aliphatic rings. The van der Waals surface area contributed by atoms with Crippen LogP contribution in [0, 0.1) is 11.3 Å². The van der Waals surface area contributed by atoms with Crippen molar-refractivity contribution in [2.75, 3.05) is 0 Å². The van der Waals surface area contributed by atoms with E-state index in [-0.39, 0.29) is 5.92 Å². The van der Waals surface area contributed by atoms with Gasteiger partial charge in [0.25, 0.3) is 0 Å². The molecule has 0 aliphatic carbocycles. The van der Waals surface area contributed by atoms with Crippen LogP contribution in [-0.4, -0.2) is 0 Å². The van der Waals surface area contributed by atoms with Gasteiger partial charge >= 0.3 is 0 Å². The van der Waals surface area contributed by atoms with Crippen molar-refractivity contribution in [2.45, 2.75) is 24.7 Å². The van der Waals surface area contributed by atoms with Gasteiger partial charge in [0.05, 0.1) is 6.07 Å². The Bertz CT molecular complexity index is 761. The number of nitriles is 1. The Morgan fingerprint density at radius 2 is 1.17 bits per heavy atom. The summed E-state index contributed by atoms with van der Waals surface area (Å²) in [5.41, 5.74) is 2.61. The first kappa shape index (κ1) is 16.0. The molecule has 0 aliphatic heterocycles. The van der Waals surface area contributed by atoms with E-state index in [2.05, 4.69) is 61.5 Å². The highest BCUT2D eigenvalue weighted by atomic mass is 14.5. The molecule has 3 rings (SSSR count). The second-order valence-corrected chi connectivity index (χ2v) is 6.02. The zero-order valence-corrected chi connectivity index (χ0v) is 13.9. The molecule has 0 amide bonds. The quantitative estimate of drug-likeness (QED) is 0.594. The van der Waals surface area contributed by atoms with E-state index in [9.17, 15) is 5.26 Å². The number of rotatable bonds is 5. The van der Waals surface area contributed by atoms with Gasteiger partial charge in [-0.05, 0) is 23.1 Å². The second kappa shape index (κ2) is 7.15. The molecule has 0 N–H and O–H groups in total.